The SMILES string of the molecule is COC(=O)C(N[C@@H](C)c1ccccn1)C1CC1. The smallest absolute Gasteiger partial charge is 0.323 e. The first-order valence-corrected chi connectivity index (χ1v) is 5.97. The summed E-state index contributed by atoms with van der Waals surface area (Å²) in [6, 6.07) is 5.65. The Morgan fingerprint density at radius 3 is 2.82 bits per heavy atom. The minimum absolute atomic E-state index is 0.0564. The Morgan fingerprint density at radius 2 is 2.29 bits per heavy atom. The Balaban J connectivity index is 2.00. The number of pyridine rings is 1. The summed E-state index contributed by atoms with van der Waals surface area (Å²) >= 11 is 0. The number of methoxy groups -OCH3 is 1. The van der Waals surface area contributed by atoms with E-state index in [4.69, 9.17) is 4.74 Å². The van der Waals surface area contributed by atoms with Crippen LogP contribution < -0.4 is 5.32 Å². The van der Waals surface area contributed by atoms with Crippen molar-refractivity contribution in [3.8, 4) is 0 Å². The zero-order valence-electron chi connectivity index (χ0n) is 10.2. The fourth-order valence-corrected chi connectivity index (χ4v) is 1.94. The second-order valence-corrected chi connectivity index (χ2v) is 4.48. The van der Waals surface area contributed by atoms with Gasteiger partial charge in [-0.05, 0) is 37.8 Å². The van der Waals surface area contributed by atoms with Crippen molar-refractivity contribution in [1.29, 1.82) is 0 Å². The first kappa shape index (κ1) is 12.0. The topological polar surface area (TPSA) is 51.2 Å². The fraction of sp³-hybridized carbons (Fsp3) is 0.538. The molecule has 0 amide bonds. The molecule has 92 valence electrons. The fourth-order valence-electron chi connectivity index (χ4n) is 1.94. The molecular formula is C13H18N2O2. The van der Waals surface area contributed by atoms with Crippen LogP contribution in [-0.4, -0.2) is 24.1 Å². The summed E-state index contributed by atoms with van der Waals surface area (Å²) in [5, 5.41) is 3.31. The second-order valence-electron chi connectivity index (χ2n) is 4.48. The maximum absolute atomic E-state index is 11.7. The summed E-state index contributed by atoms with van der Waals surface area (Å²) in [7, 11) is 1.44. The zero-order valence-corrected chi connectivity index (χ0v) is 10.2. The van der Waals surface area contributed by atoms with E-state index < -0.39 is 0 Å². The normalized spacial score (nSPS) is 18.5. The van der Waals surface area contributed by atoms with Gasteiger partial charge in [-0.3, -0.25) is 15.1 Å². The van der Waals surface area contributed by atoms with Crippen LogP contribution in [-0.2, 0) is 9.53 Å². The summed E-state index contributed by atoms with van der Waals surface area (Å²) in [5.74, 6) is 0.254. The summed E-state index contributed by atoms with van der Waals surface area (Å²) in [5.41, 5.74) is 0.946. The number of carbonyl (C=O) groups is 1. The molecule has 1 saturated carbocycles. The molecule has 1 aromatic heterocycles. The van der Waals surface area contributed by atoms with Gasteiger partial charge >= 0.3 is 5.97 Å². The van der Waals surface area contributed by atoms with Crippen molar-refractivity contribution in [2.75, 3.05) is 7.11 Å². The molecule has 4 heteroatoms. The highest BCUT2D eigenvalue weighted by molar-refractivity contribution is 5.76. The molecule has 1 aliphatic rings. The molecule has 0 radical (unpaired) electrons. The molecule has 4 nitrogen and oxygen atoms in total. The van der Waals surface area contributed by atoms with Crippen LogP contribution in [0.1, 0.15) is 31.5 Å². The Bertz CT molecular complexity index is 376. The van der Waals surface area contributed by atoms with Crippen molar-refractivity contribution in [2.24, 2.45) is 5.92 Å². The van der Waals surface area contributed by atoms with Crippen LogP contribution in [0.15, 0.2) is 24.4 Å². The predicted molar refractivity (Wildman–Crippen MR) is 64.3 cm³/mol. The predicted octanol–water partition coefficient (Wildman–Crippen LogP) is 1.68. The number of nitrogens with one attached hydrogen (secondary N) is 1. The van der Waals surface area contributed by atoms with Gasteiger partial charge in [0.25, 0.3) is 0 Å². The minimum atomic E-state index is -0.197. The third-order valence-electron chi connectivity index (χ3n) is 3.11. The third kappa shape index (κ3) is 3.03. The van der Waals surface area contributed by atoms with Gasteiger partial charge < -0.3 is 4.74 Å². The molecule has 1 aromatic rings. The number of nitrogens with zero attached hydrogens (tertiary/aromatic N) is 1. The molecule has 17 heavy (non-hydrogen) atoms. The number of hydrogen-bond acceptors (Lipinski definition) is 4. The third-order valence-corrected chi connectivity index (χ3v) is 3.11. The number of esters is 1. The van der Waals surface area contributed by atoms with Crippen LogP contribution in [0.2, 0.25) is 0 Å². The van der Waals surface area contributed by atoms with Crippen LogP contribution in [0, 0.1) is 5.92 Å². The first-order chi connectivity index (χ1) is 8.22. The van der Waals surface area contributed by atoms with Crippen LogP contribution in [0.25, 0.3) is 0 Å². The van der Waals surface area contributed by atoms with E-state index in [0.717, 1.165) is 18.5 Å². The Hall–Kier alpha value is -1.42. The van der Waals surface area contributed by atoms with Crippen LogP contribution in [0.3, 0.4) is 0 Å². The number of aromatic nitrogens is 1. The molecule has 1 N–H and O–H groups in total. The molecule has 0 aromatic carbocycles. The van der Waals surface area contributed by atoms with Gasteiger partial charge in [0.15, 0.2) is 0 Å². The minimum Gasteiger partial charge on any atom is -0.468 e. The van der Waals surface area contributed by atoms with E-state index in [1.54, 1.807) is 6.20 Å². The summed E-state index contributed by atoms with van der Waals surface area (Å²) in [4.78, 5) is 15.9. The Labute approximate surface area is 101 Å². The lowest BCUT2D eigenvalue weighted by atomic mass is 10.1. The molecule has 1 fully saturated rings. The lowest BCUT2D eigenvalue weighted by Crippen LogP contribution is -2.41. The van der Waals surface area contributed by atoms with Gasteiger partial charge in [-0.15, -0.1) is 0 Å². The molecular weight excluding hydrogens is 216 g/mol. The van der Waals surface area contributed by atoms with Crippen molar-refractivity contribution in [3.63, 3.8) is 0 Å². The first-order valence-electron chi connectivity index (χ1n) is 5.97. The quantitative estimate of drug-likeness (QED) is 0.788. The average molecular weight is 234 g/mol. The number of rotatable bonds is 5. The van der Waals surface area contributed by atoms with Gasteiger partial charge in [0.2, 0.25) is 0 Å². The number of ether oxygens (including phenoxy) is 1. The maximum Gasteiger partial charge on any atom is 0.323 e. The van der Waals surface area contributed by atoms with Crippen molar-refractivity contribution in [3.05, 3.63) is 30.1 Å². The highest BCUT2D eigenvalue weighted by Crippen LogP contribution is 2.34. The second kappa shape index (κ2) is 5.27. The molecule has 1 unspecified atom stereocenters. The molecule has 0 spiro atoms. The van der Waals surface area contributed by atoms with Crippen LogP contribution in [0.5, 0.6) is 0 Å². The molecule has 1 heterocycles. The molecule has 1 aliphatic carbocycles. The maximum atomic E-state index is 11.7. The summed E-state index contributed by atoms with van der Waals surface area (Å²) in [6.07, 6.45) is 3.96. The Morgan fingerprint density at radius 1 is 1.53 bits per heavy atom. The van der Waals surface area contributed by atoms with E-state index in [9.17, 15) is 4.79 Å². The van der Waals surface area contributed by atoms with Gasteiger partial charge in [-0.1, -0.05) is 6.07 Å². The number of carbonyl (C=O) groups excluding carboxylic acids is 1. The molecule has 2 atom stereocenters. The van der Waals surface area contributed by atoms with Crippen molar-refractivity contribution in [1.82, 2.24) is 10.3 Å². The number of hydrogen-bond donors (Lipinski definition) is 1. The van der Waals surface area contributed by atoms with E-state index >= 15 is 0 Å². The zero-order chi connectivity index (χ0) is 12.3. The van der Waals surface area contributed by atoms with Gasteiger partial charge in [0, 0.05) is 12.2 Å². The summed E-state index contributed by atoms with van der Waals surface area (Å²) < 4.78 is 4.83. The van der Waals surface area contributed by atoms with Crippen molar-refractivity contribution >= 4 is 5.97 Å². The monoisotopic (exact) mass is 234 g/mol. The van der Waals surface area contributed by atoms with Crippen LogP contribution in [0.4, 0.5) is 0 Å². The molecule has 0 aliphatic heterocycles. The van der Waals surface area contributed by atoms with Gasteiger partial charge in [0.05, 0.1) is 12.8 Å². The van der Waals surface area contributed by atoms with Gasteiger partial charge in [-0.25, -0.2) is 0 Å². The van der Waals surface area contributed by atoms with E-state index in [2.05, 4.69) is 10.3 Å². The highest BCUT2D eigenvalue weighted by Gasteiger charge is 2.37. The van der Waals surface area contributed by atoms with E-state index in [1.165, 1.54) is 7.11 Å². The van der Waals surface area contributed by atoms with E-state index in [1.807, 2.05) is 25.1 Å². The Kier molecular flexibility index (Phi) is 3.74. The molecule has 0 saturated heterocycles. The van der Waals surface area contributed by atoms with Crippen LogP contribution >= 0.6 is 0 Å². The standard InChI is InChI=1S/C13H18N2O2/c1-9(11-5-3-4-8-14-11)15-12(10-6-7-10)13(16)17-2/h3-5,8-10,12,15H,6-7H2,1-2H3/t9-,12?/m0/s1. The molecule has 2 rings (SSSR count). The molecule has 0 bridgehead atoms. The van der Waals surface area contributed by atoms with Crippen molar-refractivity contribution < 1.29 is 9.53 Å². The van der Waals surface area contributed by atoms with E-state index in [-0.39, 0.29) is 18.1 Å². The highest BCUT2D eigenvalue weighted by atomic mass is 16.5. The average Bonchev–Trinajstić information content (AvgIpc) is 3.20. The van der Waals surface area contributed by atoms with Crippen molar-refractivity contribution in [2.45, 2.75) is 31.8 Å². The lowest BCUT2D eigenvalue weighted by molar-refractivity contribution is -0.144. The largest absolute Gasteiger partial charge is 0.468 e. The van der Waals surface area contributed by atoms with Gasteiger partial charge in [0.1, 0.15) is 6.04 Å². The summed E-state index contributed by atoms with van der Waals surface area (Å²) in [6.45, 7) is 2.01. The van der Waals surface area contributed by atoms with E-state index in [0.29, 0.717) is 5.92 Å². The lowest BCUT2D eigenvalue weighted by Gasteiger charge is -2.20. The van der Waals surface area contributed by atoms with Gasteiger partial charge in [-0.2, -0.15) is 0 Å².